The van der Waals surface area contributed by atoms with Gasteiger partial charge in [-0.05, 0) is 40.5 Å². The third-order valence-corrected chi connectivity index (χ3v) is 6.95. The van der Waals surface area contributed by atoms with Crippen LogP contribution in [0.5, 0.6) is 0 Å². The van der Waals surface area contributed by atoms with Crippen molar-refractivity contribution in [1.82, 2.24) is 30.2 Å². The number of pyridine rings is 2. The molecule has 7 rings (SSSR count). The molecular formula is C29H20N6O3. The number of methoxy groups -OCH3 is 1. The van der Waals surface area contributed by atoms with Crippen molar-refractivity contribution in [1.29, 1.82) is 0 Å². The van der Waals surface area contributed by atoms with Crippen LogP contribution in [0.3, 0.4) is 0 Å². The highest BCUT2D eigenvalue weighted by Gasteiger charge is 2.32. The van der Waals surface area contributed by atoms with Gasteiger partial charge in [0.1, 0.15) is 11.5 Å². The summed E-state index contributed by atoms with van der Waals surface area (Å²) in [5.74, 6) is -0.0542. The Hall–Kier alpha value is -5.31. The number of esters is 1. The molecule has 4 aromatic heterocycles. The Kier molecular flexibility index (Phi) is 4.83. The monoisotopic (exact) mass is 500 g/mol. The first-order valence-electron chi connectivity index (χ1n) is 12.0. The second kappa shape index (κ2) is 8.38. The molecule has 0 fully saturated rings. The van der Waals surface area contributed by atoms with Crippen LogP contribution in [0.15, 0.2) is 79.3 Å². The van der Waals surface area contributed by atoms with E-state index in [4.69, 9.17) is 9.72 Å². The topological polar surface area (TPSA) is 126 Å². The second-order valence-electron chi connectivity index (χ2n) is 9.03. The molecule has 9 nitrogen and oxygen atoms in total. The minimum absolute atomic E-state index is 0.180. The highest BCUT2D eigenvalue weighted by Crippen LogP contribution is 2.47. The standard InChI is InChI=1S/C29H20N6O3/c1-38-29(37)22-13-21-23(14-32-22)34-27(33-21)20-8-4-7-19-24(20)15-5-2-3-6-16(15)25(19)35-28(36)18-10-12-31-26-17(18)9-11-30-26/h2-14,25H,1H3,(H,30,31)(H,33,34)(H,35,36). The van der Waals surface area contributed by atoms with Crippen molar-refractivity contribution in [3.8, 4) is 22.5 Å². The number of amides is 1. The van der Waals surface area contributed by atoms with E-state index in [1.165, 1.54) is 7.11 Å². The average Bonchev–Trinajstić information content (AvgIpc) is 3.68. The van der Waals surface area contributed by atoms with E-state index >= 15 is 0 Å². The number of carbonyl (C=O) groups is 2. The number of nitrogens with one attached hydrogen (secondary N) is 3. The second-order valence-corrected chi connectivity index (χ2v) is 9.03. The summed E-state index contributed by atoms with van der Waals surface area (Å²) in [5, 5.41) is 4.02. The molecule has 0 bridgehead atoms. The Morgan fingerprint density at radius 1 is 0.974 bits per heavy atom. The number of benzene rings is 2. The number of rotatable bonds is 4. The van der Waals surface area contributed by atoms with Gasteiger partial charge >= 0.3 is 5.97 Å². The number of nitrogens with zero attached hydrogens (tertiary/aromatic N) is 3. The van der Waals surface area contributed by atoms with Crippen molar-refractivity contribution in [3.63, 3.8) is 0 Å². The van der Waals surface area contributed by atoms with E-state index in [1.54, 1.807) is 30.7 Å². The zero-order valence-corrected chi connectivity index (χ0v) is 20.1. The summed E-state index contributed by atoms with van der Waals surface area (Å²) < 4.78 is 4.79. The van der Waals surface area contributed by atoms with Crippen LogP contribution in [0.4, 0.5) is 0 Å². The van der Waals surface area contributed by atoms with Gasteiger partial charge in [0.15, 0.2) is 5.69 Å². The highest BCUT2D eigenvalue weighted by atomic mass is 16.5. The lowest BCUT2D eigenvalue weighted by molar-refractivity contribution is 0.0594. The molecule has 6 aromatic rings. The van der Waals surface area contributed by atoms with Crippen LogP contribution in [0, 0.1) is 0 Å². The van der Waals surface area contributed by atoms with Crippen molar-refractivity contribution in [3.05, 3.63) is 102 Å². The summed E-state index contributed by atoms with van der Waals surface area (Å²) in [6, 6.07) is 18.9. The summed E-state index contributed by atoms with van der Waals surface area (Å²) in [4.78, 5) is 45.1. The Labute approximate surface area is 215 Å². The summed E-state index contributed by atoms with van der Waals surface area (Å²) in [6.07, 6.45) is 4.98. The molecule has 0 saturated carbocycles. The van der Waals surface area contributed by atoms with Crippen LogP contribution in [-0.4, -0.2) is 43.9 Å². The number of aromatic nitrogens is 5. The fraction of sp³-hybridized carbons (Fsp3) is 0.0690. The van der Waals surface area contributed by atoms with Crippen molar-refractivity contribution in [2.75, 3.05) is 7.11 Å². The number of fused-ring (bicyclic) bond motifs is 5. The van der Waals surface area contributed by atoms with Crippen molar-refractivity contribution in [2.45, 2.75) is 6.04 Å². The first-order chi connectivity index (χ1) is 18.6. The molecule has 38 heavy (non-hydrogen) atoms. The van der Waals surface area contributed by atoms with Gasteiger partial charge in [0.2, 0.25) is 0 Å². The Balaban J connectivity index is 1.33. The molecule has 3 N–H and O–H groups in total. The van der Waals surface area contributed by atoms with Crippen LogP contribution in [0.25, 0.3) is 44.6 Å². The SMILES string of the molecule is COC(=O)c1cc2nc(-c3cccc4c3-c3ccccc3C4NC(=O)c3ccnc4[nH]ccc34)[nH]c2cn1. The molecule has 2 aromatic carbocycles. The third-order valence-electron chi connectivity index (χ3n) is 6.95. The maximum Gasteiger partial charge on any atom is 0.356 e. The van der Waals surface area contributed by atoms with Gasteiger partial charge in [0.25, 0.3) is 5.91 Å². The molecule has 9 heteroatoms. The van der Waals surface area contributed by atoms with Crippen LogP contribution in [-0.2, 0) is 4.74 Å². The van der Waals surface area contributed by atoms with Crippen LogP contribution in [0.1, 0.15) is 38.0 Å². The lowest BCUT2D eigenvalue weighted by Gasteiger charge is -2.16. The largest absolute Gasteiger partial charge is 0.464 e. The number of hydrogen-bond donors (Lipinski definition) is 3. The van der Waals surface area contributed by atoms with E-state index in [0.717, 1.165) is 33.2 Å². The molecule has 1 aliphatic rings. The molecule has 0 radical (unpaired) electrons. The van der Waals surface area contributed by atoms with Gasteiger partial charge in [-0.25, -0.2) is 19.7 Å². The molecule has 1 amide bonds. The molecular weight excluding hydrogens is 480 g/mol. The van der Waals surface area contributed by atoms with E-state index in [0.29, 0.717) is 28.1 Å². The van der Waals surface area contributed by atoms with E-state index in [1.807, 2.05) is 42.5 Å². The quantitative estimate of drug-likeness (QED) is 0.299. The van der Waals surface area contributed by atoms with Crippen LogP contribution < -0.4 is 5.32 Å². The smallest absolute Gasteiger partial charge is 0.356 e. The van der Waals surface area contributed by atoms with Crippen molar-refractivity contribution >= 4 is 33.9 Å². The molecule has 0 spiro atoms. The van der Waals surface area contributed by atoms with E-state index in [-0.39, 0.29) is 17.6 Å². The first kappa shape index (κ1) is 21.9. The van der Waals surface area contributed by atoms with Gasteiger partial charge in [-0.1, -0.05) is 42.5 Å². The summed E-state index contributed by atoms with van der Waals surface area (Å²) in [5.41, 5.74) is 7.63. The predicted molar refractivity (Wildman–Crippen MR) is 142 cm³/mol. The van der Waals surface area contributed by atoms with Crippen LogP contribution >= 0.6 is 0 Å². The molecule has 1 atom stereocenters. The molecule has 0 saturated heterocycles. The maximum atomic E-state index is 13.5. The Bertz CT molecular complexity index is 1900. The lowest BCUT2D eigenvalue weighted by Crippen LogP contribution is -2.28. The normalized spacial score (nSPS) is 13.9. The van der Waals surface area contributed by atoms with Crippen molar-refractivity contribution in [2.24, 2.45) is 0 Å². The minimum atomic E-state index is -0.518. The highest BCUT2D eigenvalue weighted by molar-refractivity contribution is 6.06. The number of hydrogen-bond acceptors (Lipinski definition) is 6. The van der Waals surface area contributed by atoms with Gasteiger partial charge in [-0.15, -0.1) is 0 Å². The fourth-order valence-electron chi connectivity index (χ4n) is 5.23. The third kappa shape index (κ3) is 3.29. The zero-order chi connectivity index (χ0) is 25.8. The molecule has 1 aliphatic carbocycles. The summed E-state index contributed by atoms with van der Waals surface area (Å²) in [6.45, 7) is 0. The van der Waals surface area contributed by atoms with E-state index < -0.39 is 5.97 Å². The van der Waals surface area contributed by atoms with Gasteiger partial charge in [0, 0.05) is 23.3 Å². The number of aromatic amines is 2. The summed E-state index contributed by atoms with van der Waals surface area (Å²) >= 11 is 0. The van der Waals surface area contributed by atoms with Gasteiger partial charge < -0.3 is 20.0 Å². The fourth-order valence-corrected chi connectivity index (χ4v) is 5.23. The number of H-pyrrole nitrogens is 2. The first-order valence-corrected chi connectivity index (χ1v) is 12.0. The van der Waals surface area contributed by atoms with Gasteiger partial charge in [0.05, 0.1) is 35.9 Å². The molecule has 0 aliphatic heterocycles. The van der Waals surface area contributed by atoms with Crippen LogP contribution in [0.2, 0.25) is 0 Å². The summed E-state index contributed by atoms with van der Waals surface area (Å²) in [7, 11) is 1.32. The van der Waals surface area contributed by atoms with E-state index in [9.17, 15) is 9.59 Å². The number of imidazole rings is 1. The van der Waals surface area contributed by atoms with Crippen molar-refractivity contribution < 1.29 is 14.3 Å². The minimum Gasteiger partial charge on any atom is -0.464 e. The Morgan fingerprint density at radius 2 is 1.82 bits per heavy atom. The zero-order valence-electron chi connectivity index (χ0n) is 20.1. The van der Waals surface area contributed by atoms with Gasteiger partial charge in [-0.3, -0.25) is 4.79 Å². The molecule has 4 heterocycles. The maximum absolute atomic E-state index is 13.5. The predicted octanol–water partition coefficient (Wildman–Crippen LogP) is 4.79. The molecule has 184 valence electrons. The number of ether oxygens (including phenoxy) is 1. The van der Waals surface area contributed by atoms with Gasteiger partial charge in [-0.2, -0.15) is 0 Å². The van der Waals surface area contributed by atoms with E-state index in [2.05, 4.69) is 31.3 Å². The molecule has 1 unspecified atom stereocenters. The lowest BCUT2D eigenvalue weighted by atomic mass is 9.98. The Morgan fingerprint density at radius 3 is 2.71 bits per heavy atom. The number of carbonyl (C=O) groups excluding carboxylic acids is 2. The average molecular weight is 501 g/mol.